The summed E-state index contributed by atoms with van der Waals surface area (Å²) < 4.78 is 0.844. The first-order chi connectivity index (χ1) is 7.52. The SMILES string of the molecule is CC.CC(C)Sc1c(Br)cccc1C(=O)O. The largest absolute Gasteiger partial charge is 0.478 e. The summed E-state index contributed by atoms with van der Waals surface area (Å²) in [6.07, 6.45) is 0. The Balaban J connectivity index is 0.00000106. The number of thioether (sulfide) groups is 1. The van der Waals surface area contributed by atoms with Crippen LogP contribution in [0.15, 0.2) is 27.6 Å². The van der Waals surface area contributed by atoms with Crippen molar-refractivity contribution in [2.75, 3.05) is 0 Å². The quantitative estimate of drug-likeness (QED) is 0.824. The molecule has 0 spiro atoms. The summed E-state index contributed by atoms with van der Waals surface area (Å²) in [5.74, 6) is -0.880. The smallest absolute Gasteiger partial charge is 0.336 e. The molecule has 0 aliphatic heterocycles. The normalized spacial score (nSPS) is 9.62. The Morgan fingerprint density at radius 1 is 1.38 bits per heavy atom. The molecule has 90 valence electrons. The van der Waals surface area contributed by atoms with Gasteiger partial charge in [0, 0.05) is 14.6 Å². The van der Waals surface area contributed by atoms with Crippen LogP contribution in [0.5, 0.6) is 0 Å². The number of hydrogen-bond donors (Lipinski definition) is 1. The lowest BCUT2D eigenvalue weighted by Gasteiger charge is -2.10. The minimum atomic E-state index is -0.880. The lowest BCUT2D eigenvalue weighted by Crippen LogP contribution is -2.00. The summed E-state index contributed by atoms with van der Waals surface area (Å²) in [4.78, 5) is 11.7. The van der Waals surface area contributed by atoms with Crippen molar-refractivity contribution in [2.45, 2.75) is 37.8 Å². The molecule has 0 amide bonds. The van der Waals surface area contributed by atoms with Gasteiger partial charge in [-0.3, -0.25) is 0 Å². The standard InChI is InChI=1S/C10H11BrO2S.C2H6/c1-6(2)14-9-7(10(12)13)4-3-5-8(9)11;1-2/h3-6H,1-2H3,(H,12,13);1-2H3. The van der Waals surface area contributed by atoms with E-state index in [0.717, 1.165) is 9.37 Å². The van der Waals surface area contributed by atoms with E-state index in [9.17, 15) is 4.79 Å². The molecule has 0 unspecified atom stereocenters. The zero-order valence-corrected chi connectivity index (χ0v) is 12.4. The highest BCUT2D eigenvalue weighted by molar-refractivity contribution is 9.10. The second-order valence-corrected chi connectivity index (χ2v) is 5.53. The van der Waals surface area contributed by atoms with E-state index in [0.29, 0.717) is 10.8 Å². The second kappa shape index (κ2) is 7.74. The molecule has 2 nitrogen and oxygen atoms in total. The molecule has 1 rings (SSSR count). The molecule has 0 radical (unpaired) electrons. The maximum Gasteiger partial charge on any atom is 0.336 e. The van der Waals surface area contributed by atoms with Gasteiger partial charge in [0.25, 0.3) is 0 Å². The van der Waals surface area contributed by atoms with Crippen LogP contribution in [0, 0.1) is 0 Å². The van der Waals surface area contributed by atoms with Gasteiger partial charge >= 0.3 is 5.97 Å². The lowest BCUT2D eigenvalue weighted by atomic mass is 10.2. The first-order valence-electron chi connectivity index (χ1n) is 5.21. The van der Waals surface area contributed by atoms with E-state index in [1.165, 1.54) is 0 Å². The highest BCUT2D eigenvalue weighted by atomic mass is 79.9. The van der Waals surface area contributed by atoms with E-state index < -0.39 is 5.97 Å². The molecule has 0 saturated heterocycles. The molecule has 0 aliphatic rings. The van der Waals surface area contributed by atoms with Crippen molar-refractivity contribution < 1.29 is 9.90 Å². The van der Waals surface area contributed by atoms with Crippen molar-refractivity contribution >= 4 is 33.7 Å². The predicted molar refractivity (Wildman–Crippen MR) is 73.4 cm³/mol. The van der Waals surface area contributed by atoms with E-state index in [2.05, 4.69) is 15.9 Å². The predicted octanol–water partition coefficient (Wildman–Crippen LogP) is 4.67. The number of carboxylic acids is 1. The minimum absolute atomic E-state index is 0.359. The van der Waals surface area contributed by atoms with E-state index in [1.54, 1.807) is 23.9 Å². The molecule has 16 heavy (non-hydrogen) atoms. The van der Waals surface area contributed by atoms with Gasteiger partial charge in [-0.1, -0.05) is 33.8 Å². The first-order valence-corrected chi connectivity index (χ1v) is 6.88. The average Bonchev–Trinajstić information content (AvgIpc) is 2.23. The summed E-state index contributed by atoms with van der Waals surface area (Å²) in [5.41, 5.74) is 0.359. The van der Waals surface area contributed by atoms with Crippen LogP contribution >= 0.6 is 27.7 Å². The third-order valence-corrected chi connectivity index (χ3v) is 3.62. The Bertz CT molecular complexity index is 351. The van der Waals surface area contributed by atoms with Gasteiger partial charge in [0.15, 0.2) is 0 Å². The molecule has 0 fully saturated rings. The first kappa shape index (κ1) is 15.5. The van der Waals surface area contributed by atoms with Crippen LogP contribution in [0.3, 0.4) is 0 Å². The topological polar surface area (TPSA) is 37.3 Å². The zero-order chi connectivity index (χ0) is 12.7. The van der Waals surface area contributed by atoms with Gasteiger partial charge in [0.2, 0.25) is 0 Å². The number of aromatic carboxylic acids is 1. The van der Waals surface area contributed by atoms with E-state index >= 15 is 0 Å². The van der Waals surface area contributed by atoms with Gasteiger partial charge in [-0.15, -0.1) is 11.8 Å². The molecule has 0 bridgehead atoms. The van der Waals surface area contributed by atoms with Gasteiger partial charge in [-0.25, -0.2) is 4.79 Å². The summed E-state index contributed by atoms with van der Waals surface area (Å²) in [5, 5.41) is 9.34. The van der Waals surface area contributed by atoms with E-state index in [4.69, 9.17) is 5.11 Å². The highest BCUT2D eigenvalue weighted by Gasteiger charge is 2.14. The maximum atomic E-state index is 10.9. The summed E-state index contributed by atoms with van der Waals surface area (Å²) in [6.45, 7) is 8.07. The molecule has 0 aromatic heterocycles. The Labute approximate surface area is 110 Å². The molecule has 0 saturated carbocycles. The maximum absolute atomic E-state index is 10.9. The molecule has 1 aromatic rings. The molecule has 1 N–H and O–H groups in total. The lowest BCUT2D eigenvalue weighted by molar-refractivity contribution is 0.0693. The fourth-order valence-corrected chi connectivity index (χ4v) is 2.61. The summed E-state index contributed by atoms with van der Waals surface area (Å²) >= 11 is 4.91. The van der Waals surface area contributed by atoms with Crippen molar-refractivity contribution in [3.05, 3.63) is 28.2 Å². The van der Waals surface area contributed by atoms with Gasteiger partial charge < -0.3 is 5.11 Å². The zero-order valence-electron chi connectivity index (χ0n) is 9.95. The van der Waals surface area contributed by atoms with Crippen LogP contribution < -0.4 is 0 Å². The van der Waals surface area contributed by atoms with Crippen molar-refractivity contribution in [1.29, 1.82) is 0 Å². The third kappa shape index (κ3) is 4.58. The van der Waals surface area contributed by atoms with Crippen LogP contribution in [-0.4, -0.2) is 16.3 Å². The third-order valence-electron chi connectivity index (χ3n) is 1.55. The van der Waals surface area contributed by atoms with Crippen molar-refractivity contribution in [3.63, 3.8) is 0 Å². The Morgan fingerprint density at radius 3 is 2.38 bits per heavy atom. The summed E-state index contributed by atoms with van der Waals surface area (Å²) in [6, 6.07) is 5.22. The molecular formula is C12H17BrO2S. The number of carboxylic acid groups (broad SMARTS) is 1. The van der Waals surface area contributed by atoms with Crippen LogP contribution in [0.25, 0.3) is 0 Å². The monoisotopic (exact) mass is 304 g/mol. The summed E-state index contributed by atoms with van der Waals surface area (Å²) in [7, 11) is 0. The molecule has 1 aromatic carbocycles. The van der Waals surface area contributed by atoms with Crippen LogP contribution in [0.4, 0.5) is 0 Å². The fourth-order valence-electron chi connectivity index (χ4n) is 1.03. The number of benzene rings is 1. The number of halogens is 1. The van der Waals surface area contributed by atoms with Gasteiger partial charge in [-0.2, -0.15) is 0 Å². The molecular weight excluding hydrogens is 288 g/mol. The molecule has 0 heterocycles. The number of carbonyl (C=O) groups is 1. The fraction of sp³-hybridized carbons (Fsp3) is 0.417. The number of hydrogen-bond acceptors (Lipinski definition) is 2. The Morgan fingerprint density at radius 2 is 1.94 bits per heavy atom. The van der Waals surface area contributed by atoms with Crippen molar-refractivity contribution in [1.82, 2.24) is 0 Å². The Kier molecular flexibility index (Phi) is 7.51. The average molecular weight is 305 g/mol. The second-order valence-electron chi connectivity index (χ2n) is 3.09. The Hall–Kier alpha value is -0.480. The molecule has 0 atom stereocenters. The minimum Gasteiger partial charge on any atom is -0.478 e. The van der Waals surface area contributed by atoms with Crippen LogP contribution in [0.1, 0.15) is 38.1 Å². The van der Waals surface area contributed by atoms with E-state index in [-0.39, 0.29) is 0 Å². The van der Waals surface area contributed by atoms with Crippen LogP contribution in [0.2, 0.25) is 0 Å². The highest BCUT2D eigenvalue weighted by Crippen LogP contribution is 2.33. The number of rotatable bonds is 3. The van der Waals surface area contributed by atoms with Crippen LogP contribution in [-0.2, 0) is 0 Å². The molecule has 0 aliphatic carbocycles. The van der Waals surface area contributed by atoms with E-state index in [1.807, 2.05) is 33.8 Å². The van der Waals surface area contributed by atoms with Gasteiger partial charge in [0.05, 0.1) is 5.56 Å². The van der Waals surface area contributed by atoms with Gasteiger partial charge in [-0.05, 0) is 28.1 Å². The molecule has 4 heteroatoms. The van der Waals surface area contributed by atoms with Crippen molar-refractivity contribution in [3.8, 4) is 0 Å². The van der Waals surface area contributed by atoms with Gasteiger partial charge in [0.1, 0.15) is 0 Å². The van der Waals surface area contributed by atoms with Crippen molar-refractivity contribution in [2.24, 2.45) is 0 Å².